The van der Waals surface area contributed by atoms with Gasteiger partial charge in [-0.05, 0) is 46.0 Å². The van der Waals surface area contributed by atoms with E-state index in [4.69, 9.17) is 42.6 Å². The first-order chi connectivity index (χ1) is 17.9. The molecule has 210 valence electrons. The molecule has 11 atom stereocenters. The van der Waals surface area contributed by atoms with Crippen molar-refractivity contribution in [3.05, 3.63) is 0 Å². The molecule has 0 N–H and O–H groups in total. The maximum Gasteiger partial charge on any atom is 0.308 e. The van der Waals surface area contributed by atoms with Crippen LogP contribution in [0.4, 0.5) is 0 Å². The van der Waals surface area contributed by atoms with Crippen LogP contribution in [-0.4, -0.2) is 99.4 Å². The Kier molecular flexibility index (Phi) is 7.82. The summed E-state index contributed by atoms with van der Waals surface area (Å²) < 4.78 is 55.8. The average Bonchev–Trinajstić information content (AvgIpc) is 3.07. The minimum absolute atomic E-state index is 0.0157. The quantitative estimate of drug-likeness (QED) is 0.508. The molecule has 0 radical (unpaired) electrons. The van der Waals surface area contributed by atoms with Crippen LogP contribution in [-0.2, 0) is 47.4 Å². The van der Waals surface area contributed by atoms with E-state index >= 15 is 0 Å². The number of hydrogen-bond donors (Lipinski definition) is 0. The van der Waals surface area contributed by atoms with Gasteiger partial charge in [0.1, 0.15) is 12.2 Å². The summed E-state index contributed by atoms with van der Waals surface area (Å²) in [6.45, 7) is 5.12. The maximum atomic E-state index is 11.9. The number of ether oxygens (including phenoxy) is 9. The zero-order valence-corrected chi connectivity index (χ0v) is 22.2. The van der Waals surface area contributed by atoms with Crippen molar-refractivity contribution in [3.63, 3.8) is 0 Å². The molecule has 1 unspecified atom stereocenters. The minimum atomic E-state index is -0.604. The predicted molar refractivity (Wildman–Crippen MR) is 128 cm³/mol. The SMILES string of the molecule is COC(=O)C[C@H]1C[C@@H]2O[C@@H]3C[C@@H]4O[C@@H]5COC(C)(C)O[C@H]5CC[C@H]4O[C@H]3[C@@H](OC3CCCCO3)C[C@H]2O1. The summed E-state index contributed by atoms with van der Waals surface area (Å²) in [6, 6.07) is 0. The second kappa shape index (κ2) is 11.0. The fourth-order valence-electron chi connectivity index (χ4n) is 6.83. The average molecular weight is 527 g/mol. The molecule has 6 rings (SSSR count). The minimum Gasteiger partial charge on any atom is -0.469 e. The number of rotatable bonds is 4. The van der Waals surface area contributed by atoms with Gasteiger partial charge < -0.3 is 42.6 Å². The van der Waals surface area contributed by atoms with Crippen molar-refractivity contribution < 1.29 is 47.4 Å². The van der Waals surface area contributed by atoms with E-state index in [9.17, 15) is 4.79 Å². The zero-order chi connectivity index (χ0) is 25.6. The van der Waals surface area contributed by atoms with Gasteiger partial charge in [-0.1, -0.05) is 0 Å². The molecular weight excluding hydrogens is 484 g/mol. The number of hydrogen-bond acceptors (Lipinski definition) is 10. The molecule has 0 amide bonds. The van der Waals surface area contributed by atoms with Crippen LogP contribution in [0.3, 0.4) is 0 Å². The van der Waals surface area contributed by atoms with Crippen molar-refractivity contribution in [2.45, 2.75) is 145 Å². The molecular formula is C27H42O10. The fraction of sp³-hybridized carbons (Fsp3) is 0.963. The predicted octanol–water partition coefficient (Wildman–Crippen LogP) is 2.63. The second-order valence-electron chi connectivity index (χ2n) is 11.8. The summed E-state index contributed by atoms with van der Waals surface area (Å²) in [4.78, 5) is 11.9. The van der Waals surface area contributed by atoms with Crippen LogP contribution < -0.4 is 0 Å². The van der Waals surface area contributed by atoms with Crippen LogP contribution in [0.5, 0.6) is 0 Å². The van der Waals surface area contributed by atoms with E-state index in [-0.39, 0.29) is 79.7 Å². The van der Waals surface area contributed by atoms with E-state index in [0.717, 1.165) is 32.1 Å². The molecule has 0 bridgehead atoms. The van der Waals surface area contributed by atoms with Crippen LogP contribution in [0.15, 0.2) is 0 Å². The van der Waals surface area contributed by atoms with E-state index in [1.165, 1.54) is 7.11 Å². The van der Waals surface area contributed by atoms with E-state index in [1.54, 1.807) is 0 Å². The highest BCUT2D eigenvalue weighted by Crippen LogP contribution is 2.42. The summed E-state index contributed by atoms with van der Waals surface area (Å²) >= 11 is 0. The first kappa shape index (κ1) is 26.4. The Morgan fingerprint density at radius 3 is 2.43 bits per heavy atom. The lowest BCUT2D eigenvalue weighted by atomic mass is 9.91. The van der Waals surface area contributed by atoms with Crippen molar-refractivity contribution in [1.29, 1.82) is 0 Å². The summed E-state index contributed by atoms with van der Waals surface area (Å²) in [5, 5.41) is 0. The van der Waals surface area contributed by atoms with Gasteiger partial charge in [-0.25, -0.2) is 0 Å². The van der Waals surface area contributed by atoms with E-state index < -0.39 is 5.79 Å². The molecule has 0 aliphatic carbocycles. The molecule has 0 saturated carbocycles. The molecule has 10 nitrogen and oxygen atoms in total. The van der Waals surface area contributed by atoms with Gasteiger partial charge in [-0.3, -0.25) is 4.79 Å². The lowest BCUT2D eigenvalue weighted by molar-refractivity contribution is -0.318. The summed E-state index contributed by atoms with van der Waals surface area (Å²) in [5.41, 5.74) is 0. The highest BCUT2D eigenvalue weighted by atomic mass is 16.7. The highest BCUT2D eigenvalue weighted by molar-refractivity contribution is 5.69. The largest absolute Gasteiger partial charge is 0.469 e. The molecule has 6 saturated heterocycles. The van der Waals surface area contributed by atoms with Gasteiger partial charge in [0.2, 0.25) is 0 Å². The van der Waals surface area contributed by atoms with Gasteiger partial charge in [0.15, 0.2) is 12.1 Å². The Bertz CT molecular complexity index is 800. The first-order valence-electron chi connectivity index (χ1n) is 14.1. The molecule has 6 aliphatic heterocycles. The van der Waals surface area contributed by atoms with Gasteiger partial charge in [0.25, 0.3) is 0 Å². The number of carbonyl (C=O) groups excluding carboxylic acids is 1. The van der Waals surface area contributed by atoms with E-state index in [0.29, 0.717) is 32.5 Å². The topological polar surface area (TPSA) is 100 Å². The lowest BCUT2D eigenvalue weighted by Crippen LogP contribution is -2.55. The molecule has 0 spiro atoms. The van der Waals surface area contributed by atoms with Crippen LogP contribution in [0.2, 0.25) is 0 Å². The second-order valence-corrected chi connectivity index (χ2v) is 11.8. The fourth-order valence-corrected chi connectivity index (χ4v) is 6.83. The van der Waals surface area contributed by atoms with Crippen molar-refractivity contribution >= 4 is 5.97 Å². The molecule has 0 aromatic heterocycles. The molecule has 6 heterocycles. The normalized spacial score (nSPS) is 47.4. The Morgan fingerprint density at radius 1 is 0.838 bits per heavy atom. The van der Waals surface area contributed by atoms with Crippen LogP contribution in [0.1, 0.15) is 71.6 Å². The monoisotopic (exact) mass is 526 g/mol. The van der Waals surface area contributed by atoms with Crippen molar-refractivity contribution in [3.8, 4) is 0 Å². The highest BCUT2D eigenvalue weighted by Gasteiger charge is 2.53. The first-order valence-corrected chi connectivity index (χ1v) is 14.1. The van der Waals surface area contributed by atoms with Gasteiger partial charge in [-0.2, -0.15) is 0 Å². The van der Waals surface area contributed by atoms with Crippen molar-refractivity contribution in [2.24, 2.45) is 0 Å². The van der Waals surface area contributed by atoms with Crippen molar-refractivity contribution in [2.75, 3.05) is 20.3 Å². The standard InChI is InChI=1S/C27H42O10/c1-27(2)31-14-23-17(37-27)8-7-16-19(34-23)12-21-26(36-16)22(35-25-6-4-5-9-30-25)13-20-18(33-21)10-15(32-20)11-24(28)29-3/h15-23,25-26H,4-14H2,1-3H3/t15-,16-,17+,18+,19+,20-,21-,22+,23-,25?,26-/m1/s1. The molecule has 0 aromatic rings. The molecule has 10 heteroatoms. The summed E-state index contributed by atoms with van der Waals surface area (Å²) in [5.74, 6) is -0.874. The van der Waals surface area contributed by atoms with E-state index in [2.05, 4.69) is 0 Å². The molecule has 37 heavy (non-hydrogen) atoms. The zero-order valence-electron chi connectivity index (χ0n) is 22.2. The lowest BCUT2D eigenvalue weighted by Gasteiger charge is -2.44. The summed E-state index contributed by atoms with van der Waals surface area (Å²) in [7, 11) is 1.40. The molecule has 0 aromatic carbocycles. The van der Waals surface area contributed by atoms with Crippen LogP contribution in [0, 0.1) is 0 Å². The van der Waals surface area contributed by atoms with Gasteiger partial charge in [-0.15, -0.1) is 0 Å². The maximum absolute atomic E-state index is 11.9. The smallest absolute Gasteiger partial charge is 0.308 e. The van der Waals surface area contributed by atoms with E-state index in [1.807, 2.05) is 13.8 Å². The van der Waals surface area contributed by atoms with Gasteiger partial charge in [0, 0.05) is 25.9 Å². The van der Waals surface area contributed by atoms with Crippen LogP contribution >= 0.6 is 0 Å². The number of esters is 1. The molecule has 6 aliphatic rings. The summed E-state index contributed by atoms with van der Waals surface area (Å²) in [6.07, 6.45) is 5.18. The Labute approximate surface area is 218 Å². The van der Waals surface area contributed by atoms with Crippen LogP contribution in [0.25, 0.3) is 0 Å². The number of fused-ring (bicyclic) bond motifs is 4. The molecule has 6 fully saturated rings. The van der Waals surface area contributed by atoms with Gasteiger partial charge >= 0.3 is 5.97 Å². The Balaban J connectivity index is 1.19. The Hall–Kier alpha value is -0.850. The van der Waals surface area contributed by atoms with Gasteiger partial charge in [0.05, 0.1) is 69.0 Å². The third kappa shape index (κ3) is 5.87. The Morgan fingerprint density at radius 2 is 1.62 bits per heavy atom. The number of carbonyl (C=O) groups is 1. The van der Waals surface area contributed by atoms with Crippen molar-refractivity contribution in [1.82, 2.24) is 0 Å². The number of methoxy groups -OCH3 is 1. The third-order valence-electron chi connectivity index (χ3n) is 8.65. The third-order valence-corrected chi connectivity index (χ3v) is 8.65.